The normalized spacial score (nSPS) is 14.6. The van der Waals surface area contributed by atoms with E-state index < -0.39 is 6.23 Å². The number of nitrogens with zero attached hydrogens (tertiary/aromatic N) is 2. The highest BCUT2D eigenvalue weighted by molar-refractivity contribution is 6.31. The van der Waals surface area contributed by atoms with E-state index in [0.717, 1.165) is 6.42 Å². The highest BCUT2D eigenvalue weighted by Crippen LogP contribution is 2.21. The summed E-state index contributed by atoms with van der Waals surface area (Å²) in [4.78, 5) is 7.65. The van der Waals surface area contributed by atoms with Crippen molar-refractivity contribution in [2.75, 3.05) is 18.0 Å². The second kappa shape index (κ2) is 5.97. The monoisotopic (exact) mass is 260 g/mol. The fourth-order valence-electron chi connectivity index (χ4n) is 1.16. The van der Waals surface area contributed by atoms with Gasteiger partial charge in [0.1, 0.15) is 5.69 Å². The average molecular weight is 261 g/mol. The zero-order valence-corrected chi connectivity index (χ0v) is 10.3. The maximum absolute atomic E-state index is 9.81. The Hall–Kier alpha value is -1.15. The van der Waals surface area contributed by atoms with E-state index in [9.17, 15) is 5.11 Å². The molecule has 17 heavy (non-hydrogen) atoms. The zero-order chi connectivity index (χ0) is 13.0. The second-order valence-corrected chi connectivity index (χ2v) is 4.01. The number of anilines is 2. The topological polar surface area (TPSA) is 136 Å². The van der Waals surface area contributed by atoms with Crippen LogP contribution >= 0.6 is 11.6 Å². The predicted molar refractivity (Wildman–Crippen MR) is 67.1 cm³/mol. The van der Waals surface area contributed by atoms with E-state index >= 15 is 0 Å². The van der Waals surface area contributed by atoms with Gasteiger partial charge >= 0.3 is 0 Å². The second-order valence-electron chi connectivity index (χ2n) is 3.65. The van der Waals surface area contributed by atoms with E-state index in [0.29, 0.717) is 6.54 Å². The Kier molecular flexibility index (Phi) is 4.88. The van der Waals surface area contributed by atoms with E-state index in [1.807, 2.05) is 6.92 Å². The fourth-order valence-corrected chi connectivity index (χ4v) is 1.29. The molecule has 0 aliphatic rings. The molecule has 0 aliphatic carbocycles. The Morgan fingerprint density at radius 1 is 1.35 bits per heavy atom. The zero-order valence-electron chi connectivity index (χ0n) is 9.52. The molecular formula is C9H17ClN6O. The number of aliphatic hydroxyl groups is 1. The SMILES string of the molecule is CC[C@H](N)CNC(O)c1nc(Cl)c(N)nc1N. The van der Waals surface area contributed by atoms with Gasteiger partial charge in [0.25, 0.3) is 0 Å². The van der Waals surface area contributed by atoms with Crippen molar-refractivity contribution in [1.29, 1.82) is 0 Å². The molecule has 0 fully saturated rings. The summed E-state index contributed by atoms with van der Waals surface area (Å²) in [5.41, 5.74) is 16.9. The molecule has 0 saturated carbocycles. The molecule has 7 nitrogen and oxygen atoms in total. The van der Waals surface area contributed by atoms with Gasteiger partial charge < -0.3 is 22.3 Å². The number of rotatable bonds is 5. The summed E-state index contributed by atoms with van der Waals surface area (Å²) in [5, 5.41) is 12.6. The molecule has 1 unspecified atom stereocenters. The molecule has 1 aromatic rings. The van der Waals surface area contributed by atoms with Crippen molar-refractivity contribution < 1.29 is 5.11 Å². The Morgan fingerprint density at radius 3 is 2.59 bits per heavy atom. The summed E-state index contributed by atoms with van der Waals surface area (Å²) in [6, 6.07) is -0.0527. The number of nitrogens with one attached hydrogen (secondary N) is 1. The Balaban J connectivity index is 2.75. The molecule has 8 heteroatoms. The van der Waals surface area contributed by atoms with Gasteiger partial charge in [-0.05, 0) is 6.42 Å². The molecule has 0 aliphatic heterocycles. The first-order chi connectivity index (χ1) is 7.95. The highest BCUT2D eigenvalue weighted by Gasteiger charge is 2.16. The van der Waals surface area contributed by atoms with Crippen LogP contribution < -0.4 is 22.5 Å². The molecule has 1 heterocycles. The van der Waals surface area contributed by atoms with Crippen molar-refractivity contribution in [2.45, 2.75) is 25.6 Å². The lowest BCUT2D eigenvalue weighted by atomic mass is 10.2. The number of halogens is 1. The number of aromatic nitrogens is 2. The maximum Gasteiger partial charge on any atom is 0.171 e. The number of nitrogens with two attached hydrogens (primary N) is 3. The molecule has 0 bridgehead atoms. The smallest absolute Gasteiger partial charge is 0.171 e. The molecule has 2 atom stereocenters. The summed E-state index contributed by atoms with van der Waals surface area (Å²) in [6.45, 7) is 2.38. The van der Waals surface area contributed by atoms with E-state index in [-0.39, 0.29) is 28.5 Å². The number of aliphatic hydroxyl groups excluding tert-OH is 1. The first kappa shape index (κ1) is 13.9. The van der Waals surface area contributed by atoms with Crippen LogP contribution in [0.15, 0.2) is 0 Å². The Labute approximate surface area is 104 Å². The third-order valence-corrected chi connectivity index (χ3v) is 2.57. The van der Waals surface area contributed by atoms with Gasteiger partial charge in [-0.2, -0.15) is 0 Å². The van der Waals surface area contributed by atoms with Crippen LogP contribution in [-0.2, 0) is 0 Å². The van der Waals surface area contributed by atoms with Crippen LogP contribution in [0.4, 0.5) is 11.6 Å². The summed E-state index contributed by atoms with van der Waals surface area (Å²) < 4.78 is 0. The van der Waals surface area contributed by atoms with Crippen LogP contribution in [0.1, 0.15) is 25.3 Å². The highest BCUT2D eigenvalue weighted by atomic mass is 35.5. The van der Waals surface area contributed by atoms with Crippen LogP contribution in [0.25, 0.3) is 0 Å². The van der Waals surface area contributed by atoms with Crippen molar-refractivity contribution in [3.63, 3.8) is 0 Å². The lowest BCUT2D eigenvalue weighted by molar-refractivity contribution is 0.133. The largest absolute Gasteiger partial charge is 0.382 e. The van der Waals surface area contributed by atoms with E-state index in [4.69, 9.17) is 28.8 Å². The summed E-state index contributed by atoms with van der Waals surface area (Å²) in [5.74, 6) is 0.0716. The maximum atomic E-state index is 9.81. The standard InChI is InChI=1S/C9H17ClN6O/c1-2-4(11)3-14-9(17)5-7(12)16-8(13)6(10)15-5/h4,9,14,17H,2-3,11H2,1H3,(H4,12,13,16)/t4-,9?/m0/s1. The molecule has 0 amide bonds. The molecule has 0 radical (unpaired) electrons. The molecule has 0 spiro atoms. The van der Waals surface area contributed by atoms with Crippen LogP contribution in [0, 0.1) is 0 Å². The van der Waals surface area contributed by atoms with Gasteiger partial charge in [-0.15, -0.1) is 0 Å². The number of hydrogen-bond acceptors (Lipinski definition) is 7. The molecule has 96 valence electrons. The Morgan fingerprint density at radius 2 is 2.00 bits per heavy atom. The van der Waals surface area contributed by atoms with Gasteiger partial charge in [0.05, 0.1) is 0 Å². The quantitative estimate of drug-likeness (QED) is 0.455. The summed E-state index contributed by atoms with van der Waals surface area (Å²) >= 11 is 5.70. The average Bonchev–Trinajstić information content (AvgIpc) is 2.30. The van der Waals surface area contributed by atoms with Crippen molar-refractivity contribution in [1.82, 2.24) is 15.3 Å². The summed E-state index contributed by atoms with van der Waals surface area (Å²) in [7, 11) is 0. The Bertz CT molecular complexity index is 388. The number of nitrogen functional groups attached to an aromatic ring is 2. The van der Waals surface area contributed by atoms with Crippen molar-refractivity contribution in [3.8, 4) is 0 Å². The molecule has 0 saturated heterocycles. The summed E-state index contributed by atoms with van der Waals surface area (Å²) in [6.07, 6.45) is -0.276. The van der Waals surface area contributed by atoms with E-state index in [1.165, 1.54) is 0 Å². The van der Waals surface area contributed by atoms with Crippen molar-refractivity contribution in [2.24, 2.45) is 5.73 Å². The molecule has 8 N–H and O–H groups in total. The van der Waals surface area contributed by atoms with Gasteiger partial charge in [-0.25, -0.2) is 9.97 Å². The third kappa shape index (κ3) is 3.67. The minimum atomic E-state index is -1.07. The first-order valence-corrected chi connectivity index (χ1v) is 5.58. The third-order valence-electron chi connectivity index (χ3n) is 2.29. The number of hydrogen-bond donors (Lipinski definition) is 5. The fraction of sp³-hybridized carbons (Fsp3) is 0.556. The molecule has 1 aromatic heterocycles. The van der Waals surface area contributed by atoms with Crippen LogP contribution in [0.5, 0.6) is 0 Å². The molecular weight excluding hydrogens is 244 g/mol. The predicted octanol–water partition coefficient (Wildman–Crippen LogP) is -0.388. The lowest BCUT2D eigenvalue weighted by Gasteiger charge is -2.16. The van der Waals surface area contributed by atoms with Crippen molar-refractivity contribution in [3.05, 3.63) is 10.8 Å². The van der Waals surface area contributed by atoms with Crippen LogP contribution in [0.3, 0.4) is 0 Å². The van der Waals surface area contributed by atoms with Gasteiger partial charge in [-0.3, -0.25) is 5.32 Å². The van der Waals surface area contributed by atoms with Crippen LogP contribution in [0.2, 0.25) is 5.15 Å². The van der Waals surface area contributed by atoms with Gasteiger partial charge in [0.15, 0.2) is 23.0 Å². The minimum Gasteiger partial charge on any atom is -0.382 e. The van der Waals surface area contributed by atoms with Gasteiger partial charge in [0, 0.05) is 12.6 Å². The van der Waals surface area contributed by atoms with Gasteiger partial charge in [0.2, 0.25) is 0 Å². The van der Waals surface area contributed by atoms with E-state index in [2.05, 4.69) is 15.3 Å². The minimum absolute atomic E-state index is 0.00911. The van der Waals surface area contributed by atoms with Crippen molar-refractivity contribution >= 4 is 23.2 Å². The van der Waals surface area contributed by atoms with E-state index in [1.54, 1.807) is 0 Å². The lowest BCUT2D eigenvalue weighted by Crippen LogP contribution is -2.36. The van der Waals surface area contributed by atoms with Crippen LogP contribution in [-0.4, -0.2) is 27.7 Å². The first-order valence-electron chi connectivity index (χ1n) is 5.21. The van der Waals surface area contributed by atoms with Gasteiger partial charge in [-0.1, -0.05) is 18.5 Å². The molecule has 0 aromatic carbocycles. The molecule has 1 rings (SSSR count).